The molecule has 0 saturated heterocycles. The summed E-state index contributed by atoms with van der Waals surface area (Å²) in [6.45, 7) is 4.29. The van der Waals surface area contributed by atoms with E-state index in [1.54, 1.807) is 6.07 Å². The summed E-state index contributed by atoms with van der Waals surface area (Å²) < 4.78 is 5.66. The highest BCUT2D eigenvalue weighted by molar-refractivity contribution is 6.31. The third-order valence-electron chi connectivity index (χ3n) is 2.70. The molecule has 0 aliphatic rings. The number of nitrogens with two attached hydrogens (primary N) is 1. The molecule has 0 spiro atoms. The number of benzene rings is 1. The van der Waals surface area contributed by atoms with E-state index >= 15 is 0 Å². The molecule has 1 heterocycles. The van der Waals surface area contributed by atoms with Crippen LogP contribution in [0.15, 0.2) is 24.3 Å². The molecular formula is C14H16ClN3O. The summed E-state index contributed by atoms with van der Waals surface area (Å²) in [7, 11) is 0. The molecule has 0 amide bonds. The lowest BCUT2D eigenvalue weighted by molar-refractivity contribution is 0.437. The summed E-state index contributed by atoms with van der Waals surface area (Å²) in [6, 6.07) is 7.66. The van der Waals surface area contributed by atoms with Crippen molar-refractivity contribution in [1.29, 1.82) is 0 Å². The molecule has 100 valence electrons. The molecule has 0 atom stereocenters. The van der Waals surface area contributed by atoms with Crippen LogP contribution < -0.4 is 10.5 Å². The van der Waals surface area contributed by atoms with Crippen LogP contribution >= 0.6 is 11.6 Å². The van der Waals surface area contributed by atoms with Crippen molar-refractivity contribution in [3.8, 4) is 11.8 Å². The molecule has 2 rings (SSSR count). The first kappa shape index (κ1) is 13.8. The predicted molar refractivity (Wildman–Crippen MR) is 75.6 cm³/mol. The molecule has 5 heteroatoms. The Kier molecular flexibility index (Phi) is 4.35. The van der Waals surface area contributed by atoms with Gasteiger partial charge in [0.25, 0.3) is 0 Å². The van der Waals surface area contributed by atoms with Crippen molar-refractivity contribution in [2.24, 2.45) is 5.73 Å². The Balaban J connectivity index is 2.28. The fraction of sp³-hybridized carbons (Fsp3) is 0.286. The van der Waals surface area contributed by atoms with Gasteiger partial charge in [0.2, 0.25) is 0 Å². The van der Waals surface area contributed by atoms with Crippen molar-refractivity contribution in [2.75, 3.05) is 0 Å². The highest BCUT2D eigenvalue weighted by atomic mass is 35.5. The molecule has 0 aliphatic heterocycles. The number of aryl methyl sites for hydroxylation is 2. The quantitative estimate of drug-likeness (QED) is 0.932. The minimum Gasteiger partial charge on any atom is -0.424 e. The summed E-state index contributed by atoms with van der Waals surface area (Å²) in [4.78, 5) is 8.47. The number of hydrogen-bond acceptors (Lipinski definition) is 4. The predicted octanol–water partition coefficient (Wildman–Crippen LogP) is 3.25. The number of hydrogen-bond donors (Lipinski definition) is 1. The topological polar surface area (TPSA) is 61.0 Å². The molecule has 2 aromatic rings. The van der Waals surface area contributed by atoms with Crippen molar-refractivity contribution in [3.05, 3.63) is 46.2 Å². The molecule has 0 unspecified atom stereocenters. The summed E-state index contributed by atoms with van der Waals surface area (Å²) in [5.74, 6) is 0.676. The normalized spacial score (nSPS) is 10.5. The van der Waals surface area contributed by atoms with Crippen molar-refractivity contribution in [2.45, 2.75) is 26.8 Å². The molecule has 0 aliphatic carbocycles. The maximum Gasteiger partial charge on any atom is 0.322 e. The van der Waals surface area contributed by atoms with E-state index in [1.807, 2.05) is 32.0 Å². The second-order valence-electron chi connectivity index (χ2n) is 4.20. The van der Waals surface area contributed by atoms with Crippen LogP contribution in [0.3, 0.4) is 0 Å². The lowest BCUT2D eigenvalue weighted by Gasteiger charge is -2.08. The summed E-state index contributed by atoms with van der Waals surface area (Å²) in [5.41, 5.74) is 8.20. The Bertz CT molecular complexity index is 587. The van der Waals surface area contributed by atoms with Gasteiger partial charge in [-0.3, -0.25) is 0 Å². The number of ether oxygens (including phenoxy) is 1. The molecule has 0 saturated carbocycles. The Hall–Kier alpha value is -1.65. The van der Waals surface area contributed by atoms with Gasteiger partial charge < -0.3 is 10.5 Å². The molecule has 0 bridgehead atoms. The maximum atomic E-state index is 6.07. The van der Waals surface area contributed by atoms with E-state index < -0.39 is 0 Å². The Morgan fingerprint density at radius 2 is 2.05 bits per heavy atom. The minimum atomic E-state index is 0.310. The standard InChI is InChI=1S/C14H16ClN3O/c1-3-10-7-12(4-5-13(10)15)19-14-17-9(2)6-11(8-16)18-14/h4-7H,3,8,16H2,1-2H3. The fourth-order valence-electron chi connectivity index (χ4n) is 1.75. The largest absolute Gasteiger partial charge is 0.424 e. The van der Waals surface area contributed by atoms with Gasteiger partial charge in [-0.05, 0) is 43.2 Å². The zero-order chi connectivity index (χ0) is 13.8. The van der Waals surface area contributed by atoms with Gasteiger partial charge in [0.15, 0.2) is 0 Å². The second kappa shape index (κ2) is 5.99. The smallest absolute Gasteiger partial charge is 0.322 e. The molecule has 1 aromatic carbocycles. The van der Waals surface area contributed by atoms with Crippen LogP contribution in [0.2, 0.25) is 5.02 Å². The monoisotopic (exact) mass is 277 g/mol. The Morgan fingerprint density at radius 3 is 2.74 bits per heavy atom. The number of halogens is 1. The molecule has 2 N–H and O–H groups in total. The van der Waals surface area contributed by atoms with Gasteiger partial charge in [0, 0.05) is 17.3 Å². The second-order valence-corrected chi connectivity index (χ2v) is 4.60. The van der Waals surface area contributed by atoms with Crippen molar-refractivity contribution in [1.82, 2.24) is 9.97 Å². The average molecular weight is 278 g/mol. The van der Waals surface area contributed by atoms with E-state index in [9.17, 15) is 0 Å². The summed E-state index contributed by atoms with van der Waals surface area (Å²) >= 11 is 6.07. The first-order valence-corrected chi connectivity index (χ1v) is 6.51. The number of nitrogens with zero attached hydrogens (tertiary/aromatic N) is 2. The highest BCUT2D eigenvalue weighted by Crippen LogP contribution is 2.25. The Labute approximate surface area is 117 Å². The van der Waals surface area contributed by atoms with Gasteiger partial charge in [-0.25, -0.2) is 4.98 Å². The molecule has 0 fully saturated rings. The molecular weight excluding hydrogens is 262 g/mol. The average Bonchev–Trinajstić information content (AvgIpc) is 2.40. The summed E-state index contributed by atoms with van der Waals surface area (Å²) in [6.07, 6.45) is 0.846. The van der Waals surface area contributed by atoms with Crippen LogP contribution in [0.4, 0.5) is 0 Å². The summed E-state index contributed by atoms with van der Waals surface area (Å²) in [5, 5.41) is 0.739. The van der Waals surface area contributed by atoms with Crippen molar-refractivity contribution < 1.29 is 4.74 Å². The fourth-order valence-corrected chi connectivity index (χ4v) is 2.00. The van der Waals surface area contributed by atoms with Gasteiger partial charge in [-0.15, -0.1) is 0 Å². The van der Waals surface area contributed by atoms with E-state index in [2.05, 4.69) is 9.97 Å². The van der Waals surface area contributed by atoms with E-state index in [1.165, 1.54) is 0 Å². The third kappa shape index (κ3) is 3.43. The molecule has 19 heavy (non-hydrogen) atoms. The minimum absolute atomic E-state index is 0.310. The van der Waals surface area contributed by atoms with Crippen LogP contribution in [0.5, 0.6) is 11.8 Å². The SMILES string of the molecule is CCc1cc(Oc2nc(C)cc(CN)n2)ccc1Cl. The van der Waals surface area contributed by atoms with Gasteiger partial charge in [0.1, 0.15) is 5.75 Å². The van der Waals surface area contributed by atoms with E-state index in [0.717, 1.165) is 28.4 Å². The lowest BCUT2D eigenvalue weighted by Crippen LogP contribution is -2.03. The first-order chi connectivity index (χ1) is 9.12. The zero-order valence-electron chi connectivity index (χ0n) is 11.0. The number of aromatic nitrogens is 2. The van der Waals surface area contributed by atoms with Crippen molar-refractivity contribution in [3.63, 3.8) is 0 Å². The maximum absolute atomic E-state index is 6.07. The van der Waals surface area contributed by atoms with E-state index in [0.29, 0.717) is 18.3 Å². The molecule has 0 radical (unpaired) electrons. The molecule has 4 nitrogen and oxygen atoms in total. The molecule has 1 aromatic heterocycles. The van der Waals surface area contributed by atoms with Crippen LogP contribution in [0.1, 0.15) is 23.9 Å². The van der Waals surface area contributed by atoms with Gasteiger partial charge in [-0.1, -0.05) is 18.5 Å². The van der Waals surface area contributed by atoms with Crippen molar-refractivity contribution >= 4 is 11.6 Å². The van der Waals surface area contributed by atoms with E-state index in [-0.39, 0.29) is 0 Å². The van der Waals surface area contributed by atoms with Gasteiger partial charge >= 0.3 is 6.01 Å². The van der Waals surface area contributed by atoms with Gasteiger partial charge in [-0.2, -0.15) is 4.98 Å². The zero-order valence-corrected chi connectivity index (χ0v) is 11.7. The van der Waals surface area contributed by atoms with Gasteiger partial charge in [0.05, 0.1) is 5.69 Å². The van der Waals surface area contributed by atoms with Crippen LogP contribution in [0.25, 0.3) is 0 Å². The number of rotatable bonds is 4. The van der Waals surface area contributed by atoms with Crippen LogP contribution in [-0.2, 0) is 13.0 Å². The highest BCUT2D eigenvalue weighted by Gasteiger charge is 2.06. The first-order valence-electron chi connectivity index (χ1n) is 6.13. The third-order valence-corrected chi connectivity index (χ3v) is 3.07. The van der Waals surface area contributed by atoms with E-state index in [4.69, 9.17) is 22.1 Å². The lowest BCUT2D eigenvalue weighted by atomic mass is 10.1. The Morgan fingerprint density at radius 1 is 1.26 bits per heavy atom. The van der Waals surface area contributed by atoms with Crippen LogP contribution in [0, 0.1) is 6.92 Å². The van der Waals surface area contributed by atoms with Crippen LogP contribution in [-0.4, -0.2) is 9.97 Å².